The molecule has 1 aliphatic heterocycles. The first-order valence-electron chi connectivity index (χ1n) is 7.22. The number of benzene rings is 1. The Morgan fingerprint density at radius 1 is 1.23 bits per heavy atom. The van der Waals surface area contributed by atoms with Gasteiger partial charge in [-0.3, -0.25) is 4.79 Å². The second kappa shape index (κ2) is 7.69. The minimum absolute atomic E-state index is 0.299. The van der Waals surface area contributed by atoms with Crippen LogP contribution in [0.25, 0.3) is 0 Å². The SMILES string of the molecule is CO[C@@H]1[C@H](OC(C)=O)[C@H](C)O[C@H](O)[C@H]1OCc1ccccc1. The minimum Gasteiger partial charge on any atom is -0.457 e. The number of hydrogen-bond donors (Lipinski definition) is 1. The topological polar surface area (TPSA) is 74.2 Å². The molecule has 122 valence electrons. The molecule has 0 radical (unpaired) electrons. The summed E-state index contributed by atoms with van der Waals surface area (Å²) in [6, 6.07) is 9.57. The Morgan fingerprint density at radius 2 is 1.91 bits per heavy atom. The maximum absolute atomic E-state index is 11.2. The lowest BCUT2D eigenvalue weighted by Crippen LogP contribution is -2.59. The van der Waals surface area contributed by atoms with Crippen LogP contribution in [0.1, 0.15) is 19.4 Å². The number of aliphatic hydroxyl groups excluding tert-OH is 1. The van der Waals surface area contributed by atoms with E-state index in [1.54, 1.807) is 6.92 Å². The molecule has 1 aromatic rings. The molecule has 1 aromatic carbocycles. The quantitative estimate of drug-likeness (QED) is 0.825. The first-order valence-corrected chi connectivity index (χ1v) is 7.22. The van der Waals surface area contributed by atoms with Gasteiger partial charge in [-0.1, -0.05) is 30.3 Å². The maximum atomic E-state index is 11.2. The van der Waals surface area contributed by atoms with E-state index in [9.17, 15) is 9.90 Å². The van der Waals surface area contributed by atoms with Crippen LogP contribution in [-0.4, -0.2) is 48.9 Å². The van der Waals surface area contributed by atoms with E-state index in [2.05, 4.69) is 0 Å². The van der Waals surface area contributed by atoms with Crippen LogP contribution >= 0.6 is 0 Å². The Balaban J connectivity index is 2.07. The summed E-state index contributed by atoms with van der Waals surface area (Å²) in [4.78, 5) is 11.2. The van der Waals surface area contributed by atoms with Crippen molar-refractivity contribution in [1.82, 2.24) is 0 Å². The van der Waals surface area contributed by atoms with Crippen molar-refractivity contribution in [2.75, 3.05) is 7.11 Å². The summed E-state index contributed by atoms with van der Waals surface area (Å²) in [5.74, 6) is -0.430. The van der Waals surface area contributed by atoms with Gasteiger partial charge in [-0.2, -0.15) is 0 Å². The van der Waals surface area contributed by atoms with Crippen LogP contribution in [0.2, 0.25) is 0 Å². The highest BCUT2D eigenvalue weighted by molar-refractivity contribution is 5.66. The highest BCUT2D eigenvalue weighted by Gasteiger charge is 2.46. The van der Waals surface area contributed by atoms with Gasteiger partial charge in [-0.05, 0) is 12.5 Å². The van der Waals surface area contributed by atoms with Gasteiger partial charge in [-0.25, -0.2) is 0 Å². The number of esters is 1. The van der Waals surface area contributed by atoms with Crippen molar-refractivity contribution >= 4 is 5.97 Å². The van der Waals surface area contributed by atoms with E-state index in [1.807, 2.05) is 30.3 Å². The molecule has 1 N–H and O–H groups in total. The Labute approximate surface area is 129 Å². The van der Waals surface area contributed by atoms with Gasteiger partial charge >= 0.3 is 5.97 Å². The van der Waals surface area contributed by atoms with Gasteiger partial charge in [0, 0.05) is 14.0 Å². The smallest absolute Gasteiger partial charge is 0.303 e. The van der Waals surface area contributed by atoms with Crippen molar-refractivity contribution in [3.63, 3.8) is 0 Å². The van der Waals surface area contributed by atoms with Crippen LogP contribution < -0.4 is 0 Å². The molecule has 0 amide bonds. The van der Waals surface area contributed by atoms with Gasteiger partial charge in [0.05, 0.1) is 12.7 Å². The Morgan fingerprint density at radius 3 is 2.50 bits per heavy atom. The number of methoxy groups -OCH3 is 1. The molecular formula is C16H22O6. The molecule has 22 heavy (non-hydrogen) atoms. The van der Waals surface area contributed by atoms with E-state index in [0.717, 1.165) is 5.56 Å². The van der Waals surface area contributed by atoms with E-state index in [-0.39, 0.29) is 0 Å². The first kappa shape index (κ1) is 16.9. The Bertz CT molecular complexity index is 477. The molecule has 0 saturated carbocycles. The molecule has 0 bridgehead atoms. The molecule has 5 atom stereocenters. The largest absolute Gasteiger partial charge is 0.457 e. The monoisotopic (exact) mass is 310 g/mol. The highest BCUT2D eigenvalue weighted by atomic mass is 16.7. The summed E-state index contributed by atoms with van der Waals surface area (Å²) in [7, 11) is 1.49. The van der Waals surface area contributed by atoms with Gasteiger partial charge in [0.25, 0.3) is 0 Å². The average Bonchev–Trinajstić information content (AvgIpc) is 2.49. The number of carbonyl (C=O) groups is 1. The lowest BCUT2D eigenvalue weighted by molar-refractivity contribution is -0.297. The maximum Gasteiger partial charge on any atom is 0.303 e. The number of hydrogen-bond acceptors (Lipinski definition) is 6. The van der Waals surface area contributed by atoms with Crippen molar-refractivity contribution in [3.8, 4) is 0 Å². The second-order valence-electron chi connectivity index (χ2n) is 5.27. The van der Waals surface area contributed by atoms with E-state index in [1.165, 1.54) is 14.0 Å². The van der Waals surface area contributed by atoms with Crippen molar-refractivity contribution in [1.29, 1.82) is 0 Å². The molecule has 1 saturated heterocycles. The zero-order valence-electron chi connectivity index (χ0n) is 13.0. The molecule has 0 spiro atoms. The van der Waals surface area contributed by atoms with Crippen LogP contribution in [0.5, 0.6) is 0 Å². The van der Waals surface area contributed by atoms with Gasteiger partial charge in [0.2, 0.25) is 0 Å². The predicted octanol–water partition coefficient (Wildman–Crippen LogP) is 1.26. The molecule has 2 rings (SSSR count). The van der Waals surface area contributed by atoms with Gasteiger partial charge < -0.3 is 24.1 Å². The van der Waals surface area contributed by atoms with Crippen molar-refractivity contribution < 1.29 is 28.8 Å². The van der Waals surface area contributed by atoms with Gasteiger partial charge in [0.15, 0.2) is 12.4 Å². The van der Waals surface area contributed by atoms with Crippen molar-refractivity contribution in [2.24, 2.45) is 0 Å². The molecule has 0 aromatic heterocycles. The third-order valence-electron chi connectivity index (χ3n) is 3.60. The van der Waals surface area contributed by atoms with E-state index in [4.69, 9.17) is 18.9 Å². The number of ether oxygens (including phenoxy) is 4. The zero-order valence-corrected chi connectivity index (χ0v) is 13.0. The Hall–Kier alpha value is -1.47. The van der Waals surface area contributed by atoms with Crippen LogP contribution in [0.4, 0.5) is 0 Å². The van der Waals surface area contributed by atoms with Crippen LogP contribution in [-0.2, 0) is 30.3 Å². The summed E-state index contributed by atoms with van der Waals surface area (Å²) >= 11 is 0. The van der Waals surface area contributed by atoms with Crippen molar-refractivity contribution in [3.05, 3.63) is 35.9 Å². The standard InChI is InChI=1S/C16H22O6/c1-10-13(22-11(2)17)14(19-3)15(16(18)21-10)20-9-12-7-5-4-6-8-12/h4-8,10,13-16,18H,9H2,1-3H3/t10-,13+,14+,15-,16-/m0/s1. The summed E-state index contributed by atoms with van der Waals surface area (Å²) in [5.41, 5.74) is 0.965. The van der Waals surface area contributed by atoms with E-state index >= 15 is 0 Å². The number of rotatable bonds is 5. The molecule has 1 aliphatic rings. The fraction of sp³-hybridized carbons (Fsp3) is 0.562. The van der Waals surface area contributed by atoms with Crippen molar-refractivity contribution in [2.45, 2.75) is 51.2 Å². The van der Waals surface area contributed by atoms with Crippen LogP contribution in [0, 0.1) is 0 Å². The highest BCUT2D eigenvalue weighted by Crippen LogP contribution is 2.27. The first-order chi connectivity index (χ1) is 10.5. The van der Waals surface area contributed by atoms with Crippen LogP contribution in [0.3, 0.4) is 0 Å². The Kier molecular flexibility index (Phi) is 5.90. The summed E-state index contributed by atoms with van der Waals surface area (Å²) in [6.45, 7) is 3.34. The zero-order chi connectivity index (χ0) is 16.1. The minimum atomic E-state index is -1.14. The molecule has 0 unspecified atom stereocenters. The number of aliphatic hydroxyl groups is 1. The summed E-state index contributed by atoms with van der Waals surface area (Å²) in [5, 5.41) is 10.1. The molecule has 1 fully saturated rings. The van der Waals surface area contributed by atoms with Gasteiger partial charge in [0.1, 0.15) is 12.2 Å². The summed E-state index contributed by atoms with van der Waals surface area (Å²) in [6.07, 6.45) is -3.61. The fourth-order valence-electron chi connectivity index (χ4n) is 2.56. The second-order valence-corrected chi connectivity index (χ2v) is 5.27. The third kappa shape index (κ3) is 4.04. The normalized spacial score (nSPS) is 31.7. The molecule has 6 nitrogen and oxygen atoms in total. The van der Waals surface area contributed by atoms with E-state index < -0.39 is 36.7 Å². The fourth-order valence-corrected chi connectivity index (χ4v) is 2.56. The molecular weight excluding hydrogens is 288 g/mol. The number of carbonyl (C=O) groups excluding carboxylic acids is 1. The third-order valence-corrected chi connectivity index (χ3v) is 3.60. The van der Waals surface area contributed by atoms with E-state index in [0.29, 0.717) is 6.61 Å². The van der Waals surface area contributed by atoms with Crippen LogP contribution in [0.15, 0.2) is 30.3 Å². The predicted molar refractivity (Wildman–Crippen MR) is 77.9 cm³/mol. The lowest BCUT2D eigenvalue weighted by atomic mass is 9.99. The molecule has 6 heteroatoms. The average molecular weight is 310 g/mol. The summed E-state index contributed by atoms with van der Waals surface area (Å²) < 4.78 is 21.8. The molecule has 1 heterocycles. The molecule has 0 aliphatic carbocycles. The lowest BCUT2D eigenvalue weighted by Gasteiger charge is -2.42. The van der Waals surface area contributed by atoms with Gasteiger partial charge in [-0.15, -0.1) is 0 Å².